The molecule has 1 unspecified atom stereocenters. The SMILES string of the molecule is CCC(c1nc(COc2ccc(F)cc2)nn1CC)N1CCOCC1. The molecule has 2 aromatic rings. The number of morpholine rings is 1. The topological polar surface area (TPSA) is 52.4 Å². The summed E-state index contributed by atoms with van der Waals surface area (Å²) in [5, 5.41) is 4.57. The van der Waals surface area contributed by atoms with Gasteiger partial charge in [-0.1, -0.05) is 6.92 Å². The van der Waals surface area contributed by atoms with Crippen LogP contribution in [0.25, 0.3) is 0 Å². The summed E-state index contributed by atoms with van der Waals surface area (Å²) < 4.78 is 26.0. The minimum Gasteiger partial charge on any atom is -0.486 e. The van der Waals surface area contributed by atoms with Crippen molar-refractivity contribution in [1.82, 2.24) is 19.7 Å². The Morgan fingerprint density at radius 2 is 1.92 bits per heavy atom. The second kappa shape index (κ2) is 8.40. The van der Waals surface area contributed by atoms with E-state index in [1.165, 1.54) is 12.1 Å². The fourth-order valence-corrected chi connectivity index (χ4v) is 3.12. The zero-order valence-electron chi connectivity index (χ0n) is 14.8. The molecule has 2 heterocycles. The normalized spacial score (nSPS) is 16.8. The van der Waals surface area contributed by atoms with Gasteiger partial charge >= 0.3 is 0 Å². The van der Waals surface area contributed by atoms with Crippen LogP contribution in [0.2, 0.25) is 0 Å². The maximum Gasteiger partial charge on any atom is 0.188 e. The highest BCUT2D eigenvalue weighted by molar-refractivity contribution is 5.22. The number of nitrogens with zero attached hydrogens (tertiary/aromatic N) is 4. The molecule has 1 atom stereocenters. The molecule has 25 heavy (non-hydrogen) atoms. The van der Waals surface area contributed by atoms with Gasteiger partial charge in [0.1, 0.15) is 24.0 Å². The number of hydrogen-bond donors (Lipinski definition) is 0. The molecule has 3 rings (SSSR count). The summed E-state index contributed by atoms with van der Waals surface area (Å²) >= 11 is 0. The highest BCUT2D eigenvalue weighted by atomic mass is 19.1. The maximum atomic E-state index is 13.0. The molecule has 0 saturated carbocycles. The Kier molecular flexibility index (Phi) is 5.99. The van der Waals surface area contributed by atoms with Gasteiger partial charge in [0.25, 0.3) is 0 Å². The second-order valence-corrected chi connectivity index (χ2v) is 6.02. The molecular weight excluding hydrogens is 323 g/mol. The van der Waals surface area contributed by atoms with E-state index in [4.69, 9.17) is 14.5 Å². The number of halogens is 1. The van der Waals surface area contributed by atoms with Crippen LogP contribution in [-0.4, -0.2) is 46.0 Å². The van der Waals surface area contributed by atoms with Crippen molar-refractivity contribution in [3.05, 3.63) is 41.7 Å². The zero-order chi connectivity index (χ0) is 17.6. The summed E-state index contributed by atoms with van der Waals surface area (Å²) in [5.41, 5.74) is 0. The van der Waals surface area contributed by atoms with Crippen molar-refractivity contribution in [3.63, 3.8) is 0 Å². The number of benzene rings is 1. The van der Waals surface area contributed by atoms with Crippen LogP contribution in [0.5, 0.6) is 5.75 Å². The fourth-order valence-electron chi connectivity index (χ4n) is 3.12. The van der Waals surface area contributed by atoms with Crippen molar-refractivity contribution < 1.29 is 13.9 Å². The van der Waals surface area contributed by atoms with Crippen LogP contribution in [0, 0.1) is 5.82 Å². The highest BCUT2D eigenvalue weighted by Gasteiger charge is 2.26. The van der Waals surface area contributed by atoms with Gasteiger partial charge in [-0.2, -0.15) is 5.10 Å². The third-order valence-electron chi connectivity index (χ3n) is 4.40. The van der Waals surface area contributed by atoms with Crippen LogP contribution in [-0.2, 0) is 17.9 Å². The van der Waals surface area contributed by atoms with Crippen molar-refractivity contribution in [2.75, 3.05) is 26.3 Å². The Labute approximate surface area is 147 Å². The maximum absolute atomic E-state index is 13.0. The monoisotopic (exact) mass is 348 g/mol. The summed E-state index contributed by atoms with van der Waals surface area (Å²) in [6.07, 6.45) is 0.969. The van der Waals surface area contributed by atoms with Gasteiger partial charge in [0.05, 0.1) is 19.3 Å². The van der Waals surface area contributed by atoms with Crippen LogP contribution >= 0.6 is 0 Å². The smallest absolute Gasteiger partial charge is 0.188 e. The third-order valence-corrected chi connectivity index (χ3v) is 4.40. The predicted octanol–water partition coefficient (Wildman–Crippen LogP) is 2.80. The third kappa shape index (κ3) is 4.35. The first-order valence-electron chi connectivity index (χ1n) is 8.85. The first-order valence-corrected chi connectivity index (χ1v) is 8.85. The minimum absolute atomic E-state index is 0.232. The van der Waals surface area contributed by atoms with E-state index in [1.54, 1.807) is 12.1 Å². The van der Waals surface area contributed by atoms with Gasteiger partial charge in [-0.25, -0.2) is 14.1 Å². The van der Waals surface area contributed by atoms with Crippen molar-refractivity contribution in [1.29, 1.82) is 0 Å². The average molecular weight is 348 g/mol. The molecule has 136 valence electrons. The molecule has 0 bridgehead atoms. The Hall–Kier alpha value is -1.99. The summed E-state index contributed by atoms with van der Waals surface area (Å²) in [4.78, 5) is 7.14. The molecule has 0 N–H and O–H groups in total. The number of aryl methyl sites for hydroxylation is 1. The van der Waals surface area contributed by atoms with Crippen molar-refractivity contribution in [2.45, 2.75) is 39.5 Å². The molecular formula is C18H25FN4O2. The molecule has 1 aliphatic rings. The molecule has 7 heteroatoms. The molecule has 0 aliphatic carbocycles. The van der Waals surface area contributed by atoms with Crippen LogP contribution in [0.3, 0.4) is 0 Å². The summed E-state index contributed by atoms with van der Waals surface area (Å²) in [5.74, 6) is 1.95. The van der Waals surface area contributed by atoms with Gasteiger partial charge < -0.3 is 9.47 Å². The molecule has 6 nitrogen and oxygen atoms in total. The Balaban J connectivity index is 1.72. The van der Waals surface area contributed by atoms with Crippen LogP contribution in [0.4, 0.5) is 4.39 Å². The zero-order valence-corrected chi connectivity index (χ0v) is 14.8. The lowest BCUT2D eigenvalue weighted by molar-refractivity contribution is 0.0124. The van der Waals surface area contributed by atoms with E-state index < -0.39 is 0 Å². The molecule has 0 spiro atoms. The molecule has 1 saturated heterocycles. The molecule has 1 aromatic heterocycles. The minimum atomic E-state index is -0.278. The van der Waals surface area contributed by atoms with Gasteiger partial charge in [0, 0.05) is 19.6 Å². The van der Waals surface area contributed by atoms with Crippen LogP contribution in [0.1, 0.15) is 38.0 Å². The second-order valence-electron chi connectivity index (χ2n) is 6.02. The molecule has 1 aromatic carbocycles. The Morgan fingerprint density at radius 1 is 1.20 bits per heavy atom. The van der Waals surface area contributed by atoms with E-state index >= 15 is 0 Å². The summed E-state index contributed by atoms with van der Waals surface area (Å²) in [7, 11) is 0. The molecule has 1 fully saturated rings. The van der Waals surface area contributed by atoms with E-state index in [0.29, 0.717) is 11.6 Å². The molecule has 1 aliphatic heterocycles. The van der Waals surface area contributed by atoms with E-state index in [2.05, 4.69) is 23.8 Å². The lowest BCUT2D eigenvalue weighted by Crippen LogP contribution is -2.39. The van der Waals surface area contributed by atoms with E-state index in [-0.39, 0.29) is 18.5 Å². The van der Waals surface area contributed by atoms with Crippen molar-refractivity contribution in [3.8, 4) is 5.75 Å². The molecule has 0 radical (unpaired) electrons. The predicted molar refractivity (Wildman–Crippen MR) is 91.9 cm³/mol. The lowest BCUT2D eigenvalue weighted by Gasteiger charge is -2.33. The van der Waals surface area contributed by atoms with Gasteiger partial charge in [-0.05, 0) is 37.6 Å². The number of rotatable bonds is 7. The standard InChI is InChI=1S/C18H25FN4O2/c1-3-16(22-9-11-24-12-10-22)18-20-17(21-23(18)4-2)13-25-15-7-5-14(19)6-8-15/h5-8,16H,3-4,9-13H2,1-2H3. The van der Waals surface area contributed by atoms with Crippen molar-refractivity contribution in [2.24, 2.45) is 0 Å². The number of ether oxygens (including phenoxy) is 2. The average Bonchev–Trinajstić information content (AvgIpc) is 3.06. The number of aromatic nitrogens is 3. The lowest BCUT2D eigenvalue weighted by atomic mass is 10.1. The largest absolute Gasteiger partial charge is 0.486 e. The summed E-state index contributed by atoms with van der Waals surface area (Å²) in [6.45, 7) is 8.62. The van der Waals surface area contributed by atoms with Gasteiger partial charge in [-0.15, -0.1) is 0 Å². The molecule has 0 amide bonds. The van der Waals surface area contributed by atoms with E-state index in [9.17, 15) is 4.39 Å². The highest BCUT2D eigenvalue weighted by Crippen LogP contribution is 2.24. The van der Waals surface area contributed by atoms with E-state index in [0.717, 1.165) is 45.1 Å². The van der Waals surface area contributed by atoms with Gasteiger partial charge in [-0.3, -0.25) is 4.90 Å². The fraction of sp³-hybridized carbons (Fsp3) is 0.556. The first-order chi connectivity index (χ1) is 12.2. The van der Waals surface area contributed by atoms with Gasteiger partial charge in [0.2, 0.25) is 0 Å². The van der Waals surface area contributed by atoms with Gasteiger partial charge in [0.15, 0.2) is 5.82 Å². The Morgan fingerprint density at radius 3 is 2.56 bits per heavy atom. The summed E-state index contributed by atoms with van der Waals surface area (Å²) in [6, 6.07) is 6.20. The van der Waals surface area contributed by atoms with Crippen molar-refractivity contribution >= 4 is 0 Å². The van der Waals surface area contributed by atoms with Crippen LogP contribution < -0.4 is 4.74 Å². The van der Waals surface area contributed by atoms with Crippen LogP contribution in [0.15, 0.2) is 24.3 Å². The Bertz CT molecular complexity index is 668. The number of hydrogen-bond acceptors (Lipinski definition) is 5. The van der Waals surface area contributed by atoms with E-state index in [1.807, 2.05) is 4.68 Å². The quantitative estimate of drug-likeness (QED) is 0.770. The first kappa shape index (κ1) is 17.8.